The van der Waals surface area contributed by atoms with Gasteiger partial charge in [-0.1, -0.05) is 0 Å². The maximum absolute atomic E-state index is 10.6. The number of nitriles is 1. The van der Waals surface area contributed by atoms with Crippen molar-refractivity contribution in [3.63, 3.8) is 0 Å². The van der Waals surface area contributed by atoms with Gasteiger partial charge in [0.05, 0.1) is 12.5 Å². The number of anilines is 1. The summed E-state index contributed by atoms with van der Waals surface area (Å²) in [6.07, 6.45) is 0.386. The number of nitrogens with zero attached hydrogens (tertiary/aromatic N) is 2. The van der Waals surface area contributed by atoms with E-state index in [-0.39, 0.29) is 5.76 Å². The highest BCUT2D eigenvalue weighted by Gasteiger charge is 2.12. The van der Waals surface area contributed by atoms with Crippen LogP contribution in [0.3, 0.4) is 0 Å². The van der Waals surface area contributed by atoms with Crippen molar-refractivity contribution in [2.24, 2.45) is 0 Å². The van der Waals surface area contributed by atoms with E-state index in [1.54, 1.807) is 6.07 Å². The van der Waals surface area contributed by atoms with Crippen molar-refractivity contribution >= 4 is 11.9 Å². The molecule has 0 spiro atoms. The molecule has 0 aromatic carbocycles. The minimum absolute atomic E-state index is 0.0830. The number of hydrogen-bond acceptors (Lipinski definition) is 4. The summed E-state index contributed by atoms with van der Waals surface area (Å²) < 4.78 is 5.11. The molecule has 5 nitrogen and oxygen atoms in total. The Kier molecular flexibility index (Phi) is 3.75. The molecule has 1 heterocycles. The number of carboxylic acids is 1. The van der Waals surface area contributed by atoms with E-state index in [4.69, 9.17) is 14.8 Å². The van der Waals surface area contributed by atoms with Crippen LogP contribution in [0.25, 0.3) is 0 Å². The molecule has 0 aliphatic carbocycles. The van der Waals surface area contributed by atoms with Crippen LogP contribution in [0.5, 0.6) is 0 Å². The SMILES string of the molecule is CCN(CCC#N)c1ccc(C(=O)O)o1. The van der Waals surface area contributed by atoms with Crippen molar-refractivity contribution in [3.05, 3.63) is 17.9 Å². The van der Waals surface area contributed by atoms with Gasteiger partial charge in [0.2, 0.25) is 5.76 Å². The van der Waals surface area contributed by atoms with Gasteiger partial charge in [-0.05, 0) is 13.0 Å². The van der Waals surface area contributed by atoms with Gasteiger partial charge in [-0.25, -0.2) is 4.79 Å². The predicted octanol–water partition coefficient (Wildman–Crippen LogP) is 1.72. The van der Waals surface area contributed by atoms with Gasteiger partial charge in [0.15, 0.2) is 5.88 Å². The molecule has 5 heteroatoms. The van der Waals surface area contributed by atoms with Gasteiger partial charge >= 0.3 is 5.97 Å². The van der Waals surface area contributed by atoms with Gasteiger partial charge in [-0.2, -0.15) is 5.26 Å². The number of rotatable bonds is 5. The fourth-order valence-electron chi connectivity index (χ4n) is 1.22. The van der Waals surface area contributed by atoms with Crippen LogP contribution in [0.2, 0.25) is 0 Å². The molecule has 0 radical (unpaired) electrons. The number of hydrogen-bond donors (Lipinski definition) is 1. The minimum atomic E-state index is -1.09. The fraction of sp³-hybridized carbons (Fsp3) is 0.400. The maximum Gasteiger partial charge on any atom is 0.371 e. The predicted molar refractivity (Wildman–Crippen MR) is 53.8 cm³/mol. The molecule has 1 aromatic rings. The van der Waals surface area contributed by atoms with Gasteiger partial charge in [-0.3, -0.25) is 0 Å². The second-order valence-corrected chi connectivity index (χ2v) is 2.93. The highest BCUT2D eigenvalue weighted by Crippen LogP contribution is 2.18. The Morgan fingerprint density at radius 2 is 2.40 bits per heavy atom. The molecule has 0 unspecified atom stereocenters. The van der Waals surface area contributed by atoms with Gasteiger partial charge in [0.25, 0.3) is 0 Å². The standard InChI is InChI=1S/C10H12N2O3/c1-2-12(7-3-6-11)9-5-4-8(15-9)10(13)14/h4-5H,2-3,7H2,1H3,(H,13,14). The number of aromatic carboxylic acids is 1. The molecule has 1 N–H and O–H groups in total. The third kappa shape index (κ3) is 2.74. The van der Waals surface area contributed by atoms with Crippen LogP contribution >= 0.6 is 0 Å². The number of furan rings is 1. The summed E-state index contributed by atoms with van der Waals surface area (Å²) in [5.74, 6) is -0.678. The van der Waals surface area contributed by atoms with Gasteiger partial charge in [-0.15, -0.1) is 0 Å². The Morgan fingerprint density at radius 3 is 2.87 bits per heavy atom. The lowest BCUT2D eigenvalue weighted by atomic mass is 10.4. The molecule has 0 amide bonds. The molecule has 1 aromatic heterocycles. The van der Waals surface area contributed by atoms with Crippen LogP contribution in [0.1, 0.15) is 23.9 Å². The minimum Gasteiger partial charge on any atom is -0.475 e. The van der Waals surface area contributed by atoms with Crippen LogP contribution in [-0.2, 0) is 0 Å². The normalized spacial score (nSPS) is 9.60. The summed E-state index contributed by atoms with van der Waals surface area (Å²) in [7, 11) is 0. The Balaban J connectivity index is 2.74. The van der Waals surface area contributed by atoms with Gasteiger partial charge in [0, 0.05) is 19.2 Å². The van der Waals surface area contributed by atoms with Crippen molar-refractivity contribution in [1.82, 2.24) is 0 Å². The first-order valence-electron chi connectivity index (χ1n) is 4.64. The maximum atomic E-state index is 10.6. The summed E-state index contributed by atoms with van der Waals surface area (Å²) in [5.41, 5.74) is 0. The highest BCUT2D eigenvalue weighted by atomic mass is 16.4. The molecule has 0 bridgehead atoms. The average Bonchev–Trinajstić information content (AvgIpc) is 2.68. The summed E-state index contributed by atoms with van der Waals surface area (Å²) in [4.78, 5) is 12.4. The summed E-state index contributed by atoms with van der Waals surface area (Å²) in [5, 5.41) is 17.1. The van der Waals surface area contributed by atoms with E-state index in [9.17, 15) is 4.79 Å². The highest BCUT2D eigenvalue weighted by molar-refractivity contribution is 5.84. The Labute approximate surface area is 87.5 Å². The second kappa shape index (κ2) is 5.05. The molecule has 0 atom stereocenters. The zero-order valence-electron chi connectivity index (χ0n) is 8.43. The first-order valence-corrected chi connectivity index (χ1v) is 4.64. The zero-order valence-corrected chi connectivity index (χ0v) is 8.43. The number of carbonyl (C=O) groups is 1. The van der Waals surface area contributed by atoms with Crippen molar-refractivity contribution < 1.29 is 14.3 Å². The third-order valence-corrected chi connectivity index (χ3v) is 1.99. The van der Waals surface area contributed by atoms with Gasteiger partial charge in [0.1, 0.15) is 0 Å². The summed E-state index contributed by atoms with van der Waals surface area (Å²) >= 11 is 0. The first-order chi connectivity index (χ1) is 7.19. The smallest absolute Gasteiger partial charge is 0.371 e. The molecular weight excluding hydrogens is 196 g/mol. The monoisotopic (exact) mass is 208 g/mol. The topological polar surface area (TPSA) is 77.5 Å². The fourth-order valence-corrected chi connectivity index (χ4v) is 1.22. The van der Waals surface area contributed by atoms with Crippen LogP contribution in [0.4, 0.5) is 5.88 Å². The van der Waals surface area contributed by atoms with E-state index in [0.717, 1.165) is 0 Å². The lowest BCUT2D eigenvalue weighted by Gasteiger charge is -2.17. The Hall–Kier alpha value is -1.96. The molecule has 1 rings (SSSR count). The van der Waals surface area contributed by atoms with Crippen molar-refractivity contribution in [3.8, 4) is 6.07 Å². The Morgan fingerprint density at radius 1 is 1.67 bits per heavy atom. The number of carboxylic acid groups (broad SMARTS) is 1. The molecule has 0 saturated heterocycles. The molecule has 15 heavy (non-hydrogen) atoms. The van der Waals surface area contributed by atoms with E-state index in [1.807, 2.05) is 17.9 Å². The molecule has 80 valence electrons. The van der Waals surface area contributed by atoms with Crippen molar-refractivity contribution in [2.45, 2.75) is 13.3 Å². The summed E-state index contributed by atoms with van der Waals surface area (Å²) in [6, 6.07) is 5.04. The van der Waals surface area contributed by atoms with E-state index in [1.165, 1.54) is 6.07 Å². The zero-order chi connectivity index (χ0) is 11.3. The molecule has 0 aliphatic rings. The van der Waals surface area contributed by atoms with Gasteiger partial charge < -0.3 is 14.4 Å². The van der Waals surface area contributed by atoms with E-state index in [2.05, 4.69) is 0 Å². The lowest BCUT2D eigenvalue weighted by molar-refractivity contribution is 0.0663. The summed E-state index contributed by atoms with van der Waals surface area (Å²) in [6.45, 7) is 3.13. The van der Waals surface area contributed by atoms with Crippen molar-refractivity contribution in [2.75, 3.05) is 18.0 Å². The first kappa shape index (κ1) is 11.1. The Bertz CT molecular complexity index is 378. The second-order valence-electron chi connectivity index (χ2n) is 2.93. The molecule has 0 saturated carbocycles. The average molecular weight is 208 g/mol. The van der Waals surface area contributed by atoms with Crippen LogP contribution in [0, 0.1) is 11.3 Å². The molecule has 0 fully saturated rings. The van der Waals surface area contributed by atoms with E-state index in [0.29, 0.717) is 25.4 Å². The molecular formula is C10H12N2O3. The third-order valence-electron chi connectivity index (χ3n) is 1.99. The van der Waals surface area contributed by atoms with Crippen LogP contribution in [0.15, 0.2) is 16.5 Å². The lowest BCUT2D eigenvalue weighted by Crippen LogP contribution is -2.22. The van der Waals surface area contributed by atoms with E-state index >= 15 is 0 Å². The largest absolute Gasteiger partial charge is 0.475 e. The van der Waals surface area contributed by atoms with Crippen molar-refractivity contribution in [1.29, 1.82) is 5.26 Å². The van der Waals surface area contributed by atoms with E-state index < -0.39 is 5.97 Å². The quantitative estimate of drug-likeness (QED) is 0.797. The van der Waals surface area contributed by atoms with Crippen LogP contribution < -0.4 is 4.90 Å². The van der Waals surface area contributed by atoms with Crippen LogP contribution in [-0.4, -0.2) is 24.2 Å². The molecule has 0 aliphatic heterocycles.